The van der Waals surface area contributed by atoms with Crippen LogP contribution in [0.5, 0.6) is 5.75 Å². The summed E-state index contributed by atoms with van der Waals surface area (Å²) >= 11 is 5.55. The van der Waals surface area contributed by atoms with Gasteiger partial charge in [-0.15, -0.1) is 0 Å². The van der Waals surface area contributed by atoms with Crippen LogP contribution in [0.15, 0.2) is 72.8 Å². The number of hydrogen-bond donors (Lipinski definition) is 0. The largest absolute Gasteiger partial charge is 0.497 e. The van der Waals surface area contributed by atoms with Gasteiger partial charge in [0.05, 0.1) is 7.11 Å². The molecular formula is C23H19ClO3. The first-order chi connectivity index (χ1) is 13.1. The summed E-state index contributed by atoms with van der Waals surface area (Å²) in [5, 5.41) is 0.653. The van der Waals surface area contributed by atoms with Crippen molar-refractivity contribution in [1.82, 2.24) is 0 Å². The number of halogens is 1. The van der Waals surface area contributed by atoms with Crippen LogP contribution < -0.4 is 4.74 Å². The number of hydrogen-bond acceptors (Lipinski definition) is 3. The molecule has 0 fully saturated rings. The number of benzene rings is 3. The van der Waals surface area contributed by atoms with E-state index in [2.05, 4.69) is 0 Å². The number of aldehydes is 2. The standard InChI is InChI=1S/C16H14O2.C7H5ClO/c1-18-16-10-8-14(9-11-16)3-2-13-4-6-15(12-17)7-5-13;8-7-3-1-6(5-9)2-4-7/h2-12H,1H3;1-5H/b3-2+;. The van der Waals surface area contributed by atoms with E-state index in [-0.39, 0.29) is 0 Å². The summed E-state index contributed by atoms with van der Waals surface area (Å²) in [7, 11) is 1.65. The molecule has 0 aliphatic rings. The van der Waals surface area contributed by atoms with Crippen molar-refractivity contribution < 1.29 is 14.3 Å². The van der Waals surface area contributed by atoms with Gasteiger partial charge in [0.15, 0.2) is 0 Å². The molecule has 0 aromatic heterocycles. The van der Waals surface area contributed by atoms with Gasteiger partial charge in [-0.25, -0.2) is 0 Å². The highest BCUT2D eigenvalue weighted by atomic mass is 35.5. The Morgan fingerprint density at radius 1 is 0.630 bits per heavy atom. The Morgan fingerprint density at radius 2 is 1.00 bits per heavy atom. The van der Waals surface area contributed by atoms with E-state index in [4.69, 9.17) is 16.3 Å². The summed E-state index contributed by atoms with van der Waals surface area (Å²) in [6, 6.07) is 22.0. The van der Waals surface area contributed by atoms with Crippen molar-refractivity contribution in [2.75, 3.05) is 7.11 Å². The minimum Gasteiger partial charge on any atom is -0.497 e. The lowest BCUT2D eigenvalue weighted by molar-refractivity contribution is 0.111. The molecule has 0 N–H and O–H groups in total. The molecule has 0 saturated carbocycles. The van der Waals surface area contributed by atoms with Crippen LogP contribution in [0.3, 0.4) is 0 Å². The average Bonchev–Trinajstić information content (AvgIpc) is 2.74. The monoisotopic (exact) mass is 378 g/mol. The predicted octanol–water partition coefficient (Wildman–Crippen LogP) is 5.83. The molecule has 0 aliphatic heterocycles. The zero-order chi connectivity index (χ0) is 19.5. The molecule has 27 heavy (non-hydrogen) atoms. The molecule has 0 atom stereocenters. The third kappa shape index (κ3) is 6.92. The van der Waals surface area contributed by atoms with E-state index in [0.29, 0.717) is 16.1 Å². The molecule has 0 aliphatic carbocycles. The van der Waals surface area contributed by atoms with Crippen LogP contribution >= 0.6 is 11.6 Å². The lowest BCUT2D eigenvalue weighted by Crippen LogP contribution is -1.81. The smallest absolute Gasteiger partial charge is 0.150 e. The Kier molecular flexibility index (Phi) is 8.01. The second kappa shape index (κ2) is 10.7. The number of rotatable bonds is 5. The fraction of sp³-hybridized carbons (Fsp3) is 0.0435. The van der Waals surface area contributed by atoms with E-state index in [1.165, 1.54) is 0 Å². The first-order valence-electron chi connectivity index (χ1n) is 8.22. The van der Waals surface area contributed by atoms with Gasteiger partial charge < -0.3 is 4.74 Å². The first-order valence-corrected chi connectivity index (χ1v) is 8.60. The van der Waals surface area contributed by atoms with Gasteiger partial charge in [-0.3, -0.25) is 9.59 Å². The van der Waals surface area contributed by atoms with E-state index in [0.717, 1.165) is 29.4 Å². The summed E-state index contributed by atoms with van der Waals surface area (Å²) in [6.07, 6.45) is 5.67. The summed E-state index contributed by atoms with van der Waals surface area (Å²) in [6.45, 7) is 0. The summed E-state index contributed by atoms with van der Waals surface area (Å²) < 4.78 is 5.10. The molecule has 3 aromatic rings. The van der Waals surface area contributed by atoms with Gasteiger partial charge in [0, 0.05) is 16.1 Å². The molecular weight excluding hydrogens is 360 g/mol. The molecule has 0 unspecified atom stereocenters. The van der Waals surface area contributed by atoms with Crippen LogP contribution in [0.4, 0.5) is 0 Å². The molecule has 0 bridgehead atoms. The maximum Gasteiger partial charge on any atom is 0.150 e. The Balaban J connectivity index is 0.000000244. The van der Waals surface area contributed by atoms with Crippen LogP contribution in [0.2, 0.25) is 5.02 Å². The average molecular weight is 379 g/mol. The van der Waals surface area contributed by atoms with Gasteiger partial charge in [-0.2, -0.15) is 0 Å². The normalized spacial score (nSPS) is 10.0. The van der Waals surface area contributed by atoms with Crippen molar-refractivity contribution in [3.05, 3.63) is 100 Å². The molecule has 3 nitrogen and oxygen atoms in total. The SMILES string of the molecule is COc1ccc(/C=C/c2ccc(C=O)cc2)cc1.O=Cc1ccc(Cl)cc1. The lowest BCUT2D eigenvalue weighted by Gasteiger charge is -1.99. The summed E-state index contributed by atoms with van der Waals surface area (Å²) in [4.78, 5) is 20.6. The maximum absolute atomic E-state index is 10.5. The van der Waals surface area contributed by atoms with Crippen molar-refractivity contribution >= 4 is 36.3 Å². The van der Waals surface area contributed by atoms with Gasteiger partial charge in [0.2, 0.25) is 0 Å². The fourth-order valence-electron chi connectivity index (χ4n) is 2.13. The second-order valence-electron chi connectivity index (χ2n) is 5.56. The van der Waals surface area contributed by atoms with Gasteiger partial charge >= 0.3 is 0 Å². The Morgan fingerprint density at radius 3 is 1.41 bits per heavy atom. The molecule has 4 heteroatoms. The Hall–Kier alpha value is -3.17. The fourth-order valence-corrected chi connectivity index (χ4v) is 2.26. The predicted molar refractivity (Wildman–Crippen MR) is 111 cm³/mol. The molecule has 0 amide bonds. The highest BCUT2D eigenvalue weighted by molar-refractivity contribution is 6.30. The van der Waals surface area contributed by atoms with Crippen molar-refractivity contribution in [3.63, 3.8) is 0 Å². The molecule has 3 rings (SSSR count). The van der Waals surface area contributed by atoms with Gasteiger partial charge in [0.25, 0.3) is 0 Å². The summed E-state index contributed by atoms with van der Waals surface area (Å²) in [5.41, 5.74) is 3.52. The highest BCUT2D eigenvalue weighted by Gasteiger charge is 1.92. The molecule has 0 spiro atoms. The number of carbonyl (C=O) groups excluding carboxylic acids is 2. The van der Waals surface area contributed by atoms with E-state index in [1.54, 1.807) is 43.5 Å². The van der Waals surface area contributed by atoms with Gasteiger partial charge in [-0.1, -0.05) is 72.3 Å². The van der Waals surface area contributed by atoms with Gasteiger partial charge in [-0.05, 0) is 35.4 Å². The van der Waals surface area contributed by atoms with Crippen LogP contribution in [0.1, 0.15) is 31.8 Å². The maximum atomic E-state index is 10.5. The molecule has 3 aromatic carbocycles. The van der Waals surface area contributed by atoms with Crippen molar-refractivity contribution in [3.8, 4) is 5.75 Å². The number of carbonyl (C=O) groups is 2. The molecule has 0 radical (unpaired) electrons. The van der Waals surface area contributed by atoms with Gasteiger partial charge in [0.1, 0.15) is 18.3 Å². The topological polar surface area (TPSA) is 43.4 Å². The second-order valence-corrected chi connectivity index (χ2v) is 6.00. The van der Waals surface area contributed by atoms with E-state index in [1.807, 2.05) is 48.6 Å². The summed E-state index contributed by atoms with van der Waals surface area (Å²) in [5.74, 6) is 0.850. The zero-order valence-corrected chi connectivity index (χ0v) is 15.6. The minimum atomic E-state index is 0.652. The lowest BCUT2D eigenvalue weighted by atomic mass is 10.1. The zero-order valence-electron chi connectivity index (χ0n) is 14.8. The quantitative estimate of drug-likeness (QED) is 0.414. The van der Waals surface area contributed by atoms with Crippen LogP contribution in [0.25, 0.3) is 12.2 Å². The van der Waals surface area contributed by atoms with Crippen molar-refractivity contribution in [2.24, 2.45) is 0 Å². The first kappa shape index (κ1) is 20.1. The Bertz CT molecular complexity index is 880. The molecule has 136 valence electrons. The third-order valence-electron chi connectivity index (χ3n) is 3.66. The third-order valence-corrected chi connectivity index (χ3v) is 3.91. The van der Waals surface area contributed by atoms with Crippen molar-refractivity contribution in [2.45, 2.75) is 0 Å². The molecule has 0 heterocycles. The van der Waals surface area contributed by atoms with Crippen molar-refractivity contribution in [1.29, 1.82) is 0 Å². The van der Waals surface area contributed by atoms with Crippen LogP contribution in [-0.2, 0) is 0 Å². The highest BCUT2D eigenvalue weighted by Crippen LogP contribution is 2.14. The van der Waals surface area contributed by atoms with E-state index in [9.17, 15) is 9.59 Å². The van der Waals surface area contributed by atoms with Crippen LogP contribution in [0, 0.1) is 0 Å². The number of methoxy groups -OCH3 is 1. The minimum absolute atomic E-state index is 0.652. The molecule has 0 saturated heterocycles. The Labute approximate surface area is 163 Å². The van der Waals surface area contributed by atoms with E-state index < -0.39 is 0 Å². The number of ether oxygens (including phenoxy) is 1. The van der Waals surface area contributed by atoms with Crippen LogP contribution in [-0.4, -0.2) is 19.7 Å². The van der Waals surface area contributed by atoms with E-state index >= 15 is 0 Å².